The first-order valence-electron chi connectivity index (χ1n) is 9.54. The summed E-state index contributed by atoms with van der Waals surface area (Å²) < 4.78 is 12.4. The van der Waals surface area contributed by atoms with E-state index in [4.69, 9.17) is 33.3 Å². The monoisotopic (exact) mass is 545 g/mol. The van der Waals surface area contributed by atoms with Crippen LogP contribution in [0.4, 0.5) is 5.69 Å². The molecule has 0 N–H and O–H groups in total. The molecule has 1 amide bonds. The summed E-state index contributed by atoms with van der Waals surface area (Å²) in [6.45, 7) is 0.359. The van der Waals surface area contributed by atoms with Crippen LogP contribution < -0.4 is 14.4 Å². The second-order valence-corrected chi connectivity index (χ2v) is 9.72. The number of carbonyl (C=O) groups excluding carboxylic acids is 1. The molecule has 0 spiro atoms. The van der Waals surface area contributed by atoms with Crippen molar-refractivity contribution in [3.05, 3.63) is 92.3 Å². The lowest BCUT2D eigenvalue weighted by molar-refractivity contribution is -0.113. The molecule has 3 aromatic rings. The Morgan fingerprint density at radius 1 is 1.12 bits per heavy atom. The van der Waals surface area contributed by atoms with Gasteiger partial charge in [0.25, 0.3) is 5.91 Å². The molecule has 4 rings (SSSR count). The lowest BCUT2D eigenvalue weighted by Crippen LogP contribution is -2.27. The van der Waals surface area contributed by atoms with E-state index in [9.17, 15) is 4.79 Å². The fraction of sp³-hybridized carbons (Fsp3) is 0.0833. The van der Waals surface area contributed by atoms with E-state index in [2.05, 4.69) is 15.9 Å². The summed E-state index contributed by atoms with van der Waals surface area (Å²) in [4.78, 5) is 15.1. The van der Waals surface area contributed by atoms with Crippen molar-refractivity contribution in [1.29, 1.82) is 0 Å². The van der Waals surface area contributed by atoms with Gasteiger partial charge < -0.3 is 9.47 Å². The number of ether oxygens (including phenoxy) is 2. The summed E-state index contributed by atoms with van der Waals surface area (Å²) >= 11 is 16.5. The molecule has 4 nitrogen and oxygen atoms in total. The number of hydrogen-bond acceptors (Lipinski definition) is 5. The summed E-state index contributed by atoms with van der Waals surface area (Å²) in [6.07, 6.45) is 1.82. The Morgan fingerprint density at radius 2 is 1.88 bits per heavy atom. The highest BCUT2D eigenvalue weighted by Gasteiger charge is 2.33. The topological polar surface area (TPSA) is 38.8 Å². The van der Waals surface area contributed by atoms with Crippen molar-refractivity contribution in [2.45, 2.75) is 6.61 Å². The molecule has 1 aliphatic rings. The van der Waals surface area contributed by atoms with Gasteiger partial charge in [0.05, 0.1) is 22.2 Å². The predicted molar refractivity (Wildman–Crippen MR) is 139 cm³/mol. The molecule has 3 aromatic carbocycles. The van der Waals surface area contributed by atoms with Gasteiger partial charge in [-0.1, -0.05) is 59.8 Å². The number of carbonyl (C=O) groups is 1. The molecule has 1 saturated heterocycles. The Bertz CT molecular complexity index is 1210. The van der Waals surface area contributed by atoms with E-state index in [1.165, 1.54) is 16.7 Å². The van der Waals surface area contributed by atoms with Crippen LogP contribution in [-0.4, -0.2) is 17.3 Å². The normalized spacial score (nSPS) is 14.8. The largest absolute Gasteiger partial charge is 0.497 e. The van der Waals surface area contributed by atoms with Gasteiger partial charge in [-0.25, -0.2) is 0 Å². The number of thiocarbonyl (C=S) groups is 1. The zero-order chi connectivity index (χ0) is 22.7. The third-order valence-electron chi connectivity index (χ3n) is 4.72. The number of amides is 1. The van der Waals surface area contributed by atoms with Crippen LogP contribution in [0.2, 0.25) is 5.02 Å². The van der Waals surface area contributed by atoms with E-state index >= 15 is 0 Å². The predicted octanol–water partition coefficient (Wildman–Crippen LogP) is 7.10. The van der Waals surface area contributed by atoms with Crippen molar-refractivity contribution >= 4 is 73.5 Å². The smallest absolute Gasteiger partial charge is 0.270 e. The molecular weight excluding hydrogens is 530 g/mol. The summed E-state index contributed by atoms with van der Waals surface area (Å²) in [5, 5.41) is 0.666. The lowest BCUT2D eigenvalue weighted by Gasteiger charge is -2.14. The van der Waals surface area contributed by atoms with Crippen LogP contribution in [-0.2, 0) is 11.4 Å². The molecule has 0 atom stereocenters. The van der Waals surface area contributed by atoms with Crippen molar-refractivity contribution in [1.82, 2.24) is 0 Å². The number of anilines is 1. The average molecular weight is 547 g/mol. The number of thioether (sulfide) groups is 1. The standard InChI is InChI=1S/C24H17BrClNO3S2/c1-29-18-9-7-17(8-10-18)27-23(28)22(32-24(27)31)13-15-6-11-21(19(25)12-15)30-14-16-4-2-3-5-20(16)26/h2-13H,14H2,1H3/b22-13-. The first-order chi connectivity index (χ1) is 15.5. The summed E-state index contributed by atoms with van der Waals surface area (Å²) in [7, 11) is 1.60. The van der Waals surface area contributed by atoms with E-state index in [1.807, 2.05) is 60.7 Å². The van der Waals surface area contributed by atoms with Crippen LogP contribution in [0.15, 0.2) is 76.1 Å². The lowest BCUT2D eigenvalue weighted by atomic mass is 10.2. The van der Waals surface area contributed by atoms with Crippen LogP contribution in [0.1, 0.15) is 11.1 Å². The van der Waals surface area contributed by atoms with E-state index in [0.717, 1.165) is 21.3 Å². The van der Waals surface area contributed by atoms with Gasteiger partial charge in [-0.2, -0.15) is 0 Å². The first kappa shape index (κ1) is 22.9. The zero-order valence-corrected chi connectivity index (χ0v) is 20.9. The number of benzene rings is 3. The molecule has 0 unspecified atom stereocenters. The third-order valence-corrected chi connectivity index (χ3v) is 7.01. The Hall–Kier alpha value is -2.32. The van der Waals surface area contributed by atoms with Gasteiger partial charge >= 0.3 is 0 Å². The molecule has 1 heterocycles. The number of rotatable bonds is 6. The highest BCUT2D eigenvalue weighted by molar-refractivity contribution is 9.10. The highest BCUT2D eigenvalue weighted by Crippen LogP contribution is 2.37. The molecule has 32 heavy (non-hydrogen) atoms. The van der Waals surface area contributed by atoms with Gasteiger partial charge in [0.2, 0.25) is 0 Å². The van der Waals surface area contributed by atoms with Gasteiger partial charge in [-0.3, -0.25) is 9.69 Å². The molecule has 0 saturated carbocycles. The van der Waals surface area contributed by atoms with Crippen molar-refractivity contribution in [3.63, 3.8) is 0 Å². The molecule has 8 heteroatoms. The molecule has 0 aromatic heterocycles. The third kappa shape index (κ3) is 5.02. The maximum absolute atomic E-state index is 13.0. The Kier molecular flexibility index (Phi) is 7.20. The van der Waals surface area contributed by atoms with E-state index in [1.54, 1.807) is 19.2 Å². The number of hydrogen-bond donors (Lipinski definition) is 0. The van der Waals surface area contributed by atoms with Crippen LogP contribution in [0.3, 0.4) is 0 Å². The summed E-state index contributed by atoms with van der Waals surface area (Å²) in [5.74, 6) is 1.25. The van der Waals surface area contributed by atoms with Crippen molar-refractivity contribution in [3.8, 4) is 11.5 Å². The number of nitrogens with zero attached hydrogens (tertiary/aromatic N) is 1. The fourth-order valence-corrected chi connectivity index (χ4v) is 5.07. The minimum atomic E-state index is -0.152. The summed E-state index contributed by atoms with van der Waals surface area (Å²) in [5.41, 5.74) is 2.48. The summed E-state index contributed by atoms with van der Waals surface area (Å²) in [6, 6.07) is 20.5. The molecule has 1 aliphatic heterocycles. The van der Waals surface area contributed by atoms with Gasteiger partial charge in [-0.15, -0.1) is 0 Å². The van der Waals surface area contributed by atoms with Gasteiger partial charge in [0.15, 0.2) is 4.32 Å². The van der Waals surface area contributed by atoms with Crippen LogP contribution in [0, 0.1) is 0 Å². The SMILES string of the molecule is COc1ccc(N2C(=O)/C(=C/c3ccc(OCc4ccccc4Cl)c(Br)c3)SC2=S)cc1. The number of methoxy groups -OCH3 is 1. The van der Waals surface area contributed by atoms with Crippen molar-refractivity contribution in [2.24, 2.45) is 0 Å². The van der Waals surface area contributed by atoms with E-state index < -0.39 is 0 Å². The quantitative estimate of drug-likeness (QED) is 0.244. The Labute approximate surface area is 209 Å². The van der Waals surface area contributed by atoms with E-state index in [0.29, 0.717) is 32.3 Å². The highest BCUT2D eigenvalue weighted by atomic mass is 79.9. The molecule has 0 aliphatic carbocycles. The fourth-order valence-electron chi connectivity index (χ4n) is 3.07. The van der Waals surface area contributed by atoms with Crippen LogP contribution in [0.5, 0.6) is 11.5 Å². The van der Waals surface area contributed by atoms with Crippen LogP contribution in [0.25, 0.3) is 6.08 Å². The molecule has 0 bridgehead atoms. The first-order valence-corrected chi connectivity index (χ1v) is 11.9. The van der Waals surface area contributed by atoms with Gasteiger partial charge in [0, 0.05) is 10.6 Å². The Balaban J connectivity index is 1.49. The minimum Gasteiger partial charge on any atom is -0.497 e. The van der Waals surface area contributed by atoms with Gasteiger partial charge in [0.1, 0.15) is 18.1 Å². The Morgan fingerprint density at radius 3 is 2.56 bits per heavy atom. The second kappa shape index (κ2) is 10.1. The van der Waals surface area contributed by atoms with Gasteiger partial charge in [-0.05, 0) is 70.0 Å². The molecular formula is C24H17BrClNO3S2. The second-order valence-electron chi connectivity index (χ2n) is 6.79. The van der Waals surface area contributed by atoms with Crippen LogP contribution >= 0.6 is 51.5 Å². The minimum absolute atomic E-state index is 0.152. The number of halogens is 2. The zero-order valence-electron chi connectivity index (χ0n) is 16.9. The van der Waals surface area contributed by atoms with Crippen molar-refractivity contribution < 1.29 is 14.3 Å². The molecule has 162 valence electrons. The van der Waals surface area contributed by atoms with E-state index in [-0.39, 0.29) is 5.91 Å². The maximum atomic E-state index is 13.0. The maximum Gasteiger partial charge on any atom is 0.270 e. The molecule has 1 fully saturated rings. The van der Waals surface area contributed by atoms with Crippen molar-refractivity contribution in [2.75, 3.05) is 12.0 Å². The average Bonchev–Trinajstić information content (AvgIpc) is 3.07. The molecule has 0 radical (unpaired) electrons.